The van der Waals surface area contributed by atoms with Crippen LogP contribution in [0.4, 0.5) is 14.5 Å². The maximum Gasteiger partial charge on any atom is 0.387 e. The van der Waals surface area contributed by atoms with Crippen molar-refractivity contribution in [2.24, 2.45) is 0 Å². The molecule has 0 atom stereocenters. The topological polar surface area (TPSA) is 58.6 Å². The van der Waals surface area contributed by atoms with Gasteiger partial charge in [-0.15, -0.1) is 0 Å². The van der Waals surface area contributed by atoms with Crippen molar-refractivity contribution < 1.29 is 23.1 Å². The average Bonchev–Trinajstić information content (AvgIpc) is 3.06. The molecular formula is C19H17ClF2N2O3. The summed E-state index contributed by atoms with van der Waals surface area (Å²) in [7, 11) is 0. The first kappa shape index (κ1) is 19.1. The van der Waals surface area contributed by atoms with Crippen LogP contribution in [0.2, 0.25) is 5.02 Å². The number of benzene rings is 2. The highest BCUT2D eigenvalue weighted by molar-refractivity contribution is 6.31. The molecule has 1 heterocycles. The lowest BCUT2D eigenvalue weighted by atomic mass is 10.1. The second-order valence-electron chi connectivity index (χ2n) is 5.98. The van der Waals surface area contributed by atoms with Gasteiger partial charge in [0.2, 0.25) is 5.91 Å². The second kappa shape index (κ2) is 8.35. The van der Waals surface area contributed by atoms with Gasteiger partial charge in [0, 0.05) is 30.1 Å². The molecule has 0 spiro atoms. The summed E-state index contributed by atoms with van der Waals surface area (Å²) in [6, 6.07) is 10.9. The molecule has 1 N–H and O–H groups in total. The van der Waals surface area contributed by atoms with Crippen LogP contribution in [-0.4, -0.2) is 25.0 Å². The number of nitrogens with zero attached hydrogens (tertiary/aromatic N) is 1. The van der Waals surface area contributed by atoms with Crippen molar-refractivity contribution >= 4 is 29.1 Å². The highest BCUT2D eigenvalue weighted by Crippen LogP contribution is 2.29. The van der Waals surface area contributed by atoms with Crippen molar-refractivity contribution in [3.63, 3.8) is 0 Å². The first-order valence-electron chi connectivity index (χ1n) is 8.36. The zero-order valence-electron chi connectivity index (χ0n) is 14.3. The van der Waals surface area contributed by atoms with Crippen LogP contribution >= 0.6 is 11.6 Å². The molecule has 2 aromatic rings. The summed E-state index contributed by atoms with van der Waals surface area (Å²) in [5.41, 5.74) is 1.15. The summed E-state index contributed by atoms with van der Waals surface area (Å²) in [4.78, 5) is 26.3. The van der Waals surface area contributed by atoms with E-state index in [-0.39, 0.29) is 18.2 Å². The van der Waals surface area contributed by atoms with Crippen molar-refractivity contribution in [2.45, 2.75) is 26.0 Å². The Morgan fingerprint density at radius 2 is 2.04 bits per heavy atom. The van der Waals surface area contributed by atoms with Crippen molar-refractivity contribution in [3.05, 3.63) is 58.6 Å². The lowest BCUT2D eigenvalue weighted by Crippen LogP contribution is -2.29. The first-order chi connectivity index (χ1) is 13.0. The van der Waals surface area contributed by atoms with Gasteiger partial charge in [0.25, 0.3) is 5.91 Å². The van der Waals surface area contributed by atoms with Crippen LogP contribution in [0.1, 0.15) is 28.8 Å². The minimum absolute atomic E-state index is 0.00106. The summed E-state index contributed by atoms with van der Waals surface area (Å²) >= 11 is 6.03. The standard InChI is InChI=1S/C19H17ClF2N2O3/c20-13-7-8-14(15(10-13)24-9-3-6-17(24)25)18(26)23-11-12-4-1-2-5-16(12)27-19(21)22/h1-2,4-5,7-8,10,19H,3,6,9,11H2,(H,23,26). The number of hydrogen-bond acceptors (Lipinski definition) is 3. The highest BCUT2D eigenvalue weighted by atomic mass is 35.5. The third-order valence-corrected chi connectivity index (χ3v) is 4.43. The summed E-state index contributed by atoms with van der Waals surface area (Å²) in [6.07, 6.45) is 1.14. The number of nitrogens with one attached hydrogen (secondary N) is 1. The van der Waals surface area contributed by atoms with Crippen LogP contribution in [-0.2, 0) is 11.3 Å². The number of amides is 2. The van der Waals surface area contributed by atoms with E-state index in [0.717, 1.165) is 0 Å². The number of carbonyl (C=O) groups is 2. The Morgan fingerprint density at radius 3 is 2.74 bits per heavy atom. The van der Waals surface area contributed by atoms with Gasteiger partial charge in [-0.2, -0.15) is 8.78 Å². The zero-order valence-corrected chi connectivity index (χ0v) is 15.0. The largest absolute Gasteiger partial charge is 0.434 e. The van der Waals surface area contributed by atoms with Crippen LogP contribution < -0.4 is 15.0 Å². The van der Waals surface area contributed by atoms with E-state index in [9.17, 15) is 18.4 Å². The Kier molecular flexibility index (Phi) is 5.91. The summed E-state index contributed by atoms with van der Waals surface area (Å²) in [6.45, 7) is -2.44. The normalized spacial score (nSPS) is 13.9. The number of alkyl halides is 2. The predicted molar refractivity (Wildman–Crippen MR) is 97.3 cm³/mol. The average molecular weight is 395 g/mol. The van der Waals surface area contributed by atoms with Gasteiger partial charge in [-0.25, -0.2) is 0 Å². The molecule has 1 fully saturated rings. The SMILES string of the molecule is O=C(NCc1ccccc1OC(F)F)c1ccc(Cl)cc1N1CCCC1=O. The maximum atomic E-state index is 12.7. The van der Waals surface area contributed by atoms with Crippen LogP contribution in [0.5, 0.6) is 5.75 Å². The third-order valence-electron chi connectivity index (χ3n) is 4.20. The van der Waals surface area contributed by atoms with Crippen molar-refractivity contribution in [3.8, 4) is 5.75 Å². The molecule has 3 rings (SSSR count). The molecule has 142 valence electrons. The summed E-state index contributed by atoms with van der Waals surface area (Å²) < 4.78 is 29.5. The molecule has 0 unspecified atom stereocenters. The number of halogens is 3. The summed E-state index contributed by atoms with van der Waals surface area (Å²) in [5.74, 6) is -0.505. The van der Waals surface area contributed by atoms with Gasteiger partial charge in [0.15, 0.2) is 0 Å². The van der Waals surface area contributed by atoms with Gasteiger partial charge in [0.1, 0.15) is 5.75 Å². The fourth-order valence-corrected chi connectivity index (χ4v) is 3.12. The van der Waals surface area contributed by atoms with Gasteiger partial charge in [-0.3, -0.25) is 9.59 Å². The van der Waals surface area contributed by atoms with Crippen LogP contribution in [0.25, 0.3) is 0 Å². The smallest absolute Gasteiger partial charge is 0.387 e. The molecule has 1 saturated heterocycles. The Morgan fingerprint density at radius 1 is 1.26 bits per heavy atom. The monoisotopic (exact) mass is 394 g/mol. The molecule has 27 heavy (non-hydrogen) atoms. The number of para-hydroxylation sites is 1. The van der Waals surface area contributed by atoms with E-state index in [1.54, 1.807) is 36.4 Å². The number of rotatable bonds is 6. The number of ether oxygens (including phenoxy) is 1. The number of hydrogen-bond donors (Lipinski definition) is 1. The van der Waals surface area contributed by atoms with Gasteiger partial charge in [-0.05, 0) is 30.7 Å². The van der Waals surface area contributed by atoms with E-state index >= 15 is 0 Å². The number of carbonyl (C=O) groups excluding carboxylic acids is 2. The Bertz CT molecular complexity index is 861. The van der Waals surface area contributed by atoms with E-state index in [1.165, 1.54) is 11.0 Å². The molecule has 8 heteroatoms. The Balaban J connectivity index is 1.79. The molecule has 2 aromatic carbocycles. The molecular weight excluding hydrogens is 378 g/mol. The molecule has 1 aliphatic rings. The van der Waals surface area contributed by atoms with Crippen LogP contribution in [0.3, 0.4) is 0 Å². The molecule has 0 aromatic heterocycles. The van der Waals surface area contributed by atoms with Gasteiger partial charge in [0.05, 0.1) is 11.3 Å². The minimum atomic E-state index is -2.95. The quantitative estimate of drug-likeness (QED) is 0.805. The van der Waals surface area contributed by atoms with Crippen molar-refractivity contribution in [1.29, 1.82) is 0 Å². The van der Waals surface area contributed by atoms with Gasteiger partial charge in [-0.1, -0.05) is 29.8 Å². The highest BCUT2D eigenvalue weighted by Gasteiger charge is 2.26. The lowest BCUT2D eigenvalue weighted by molar-refractivity contribution is -0.117. The zero-order chi connectivity index (χ0) is 19.4. The maximum absolute atomic E-state index is 12.7. The van der Waals surface area contributed by atoms with E-state index < -0.39 is 12.5 Å². The van der Waals surface area contributed by atoms with Crippen molar-refractivity contribution in [2.75, 3.05) is 11.4 Å². The van der Waals surface area contributed by atoms with Crippen LogP contribution in [0.15, 0.2) is 42.5 Å². The Labute approximate surface area is 159 Å². The van der Waals surface area contributed by atoms with Gasteiger partial charge >= 0.3 is 6.61 Å². The molecule has 5 nitrogen and oxygen atoms in total. The van der Waals surface area contributed by atoms with E-state index in [2.05, 4.69) is 10.1 Å². The molecule has 0 bridgehead atoms. The summed E-state index contributed by atoms with van der Waals surface area (Å²) in [5, 5.41) is 3.10. The fourth-order valence-electron chi connectivity index (χ4n) is 2.95. The fraction of sp³-hybridized carbons (Fsp3) is 0.263. The molecule has 0 saturated carbocycles. The first-order valence-corrected chi connectivity index (χ1v) is 8.74. The van der Waals surface area contributed by atoms with Crippen molar-refractivity contribution in [1.82, 2.24) is 5.32 Å². The van der Waals surface area contributed by atoms with E-state index in [1.807, 2.05) is 0 Å². The third kappa shape index (κ3) is 4.54. The molecule has 1 aliphatic heterocycles. The lowest BCUT2D eigenvalue weighted by Gasteiger charge is -2.20. The Hall–Kier alpha value is -2.67. The molecule has 2 amide bonds. The molecule has 0 radical (unpaired) electrons. The van der Waals surface area contributed by atoms with E-state index in [4.69, 9.17) is 11.6 Å². The number of anilines is 1. The predicted octanol–water partition coefficient (Wildman–Crippen LogP) is 4.00. The van der Waals surface area contributed by atoms with Gasteiger partial charge < -0.3 is 15.0 Å². The molecule has 0 aliphatic carbocycles. The second-order valence-corrected chi connectivity index (χ2v) is 6.42. The van der Waals surface area contributed by atoms with E-state index in [0.29, 0.717) is 41.2 Å². The van der Waals surface area contributed by atoms with Crippen LogP contribution in [0, 0.1) is 0 Å². The minimum Gasteiger partial charge on any atom is -0.434 e.